The first-order chi connectivity index (χ1) is 13.4. The van der Waals surface area contributed by atoms with Gasteiger partial charge in [0.1, 0.15) is 0 Å². The molecular weight excluding hydrogens is 356 g/mol. The lowest BCUT2D eigenvalue weighted by atomic mass is 9.96. The summed E-state index contributed by atoms with van der Waals surface area (Å²) < 4.78 is 0. The van der Waals surface area contributed by atoms with Gasteiger partial charge >= 0.3 is 0 Å². The maximum atomic E-state index is 12.6. The normalized spacial score (nSPS) is 13.1. The fourth-order valence-corrected chi connectivity index (χ4v) is 3.09. The molecule has 2 N–H and O–H groups in total. The van der Waals surface area contributed by atoms with Crippen molar-refractivity contribution in [3.63, 3.8) is 0 Å². The van der Waals surface area contributed by atoms with Crippen LogP contribution in [0.4, 0.5) is 5.69 Å². The lowest BCUT2D eigenvalue weighted by Gasteiger charge is -2.22. The van der Waals surface area contributed by atoms with Crippen LogP contribution in [0, 0.1) is 16.0 Å². The molecule has 0 saturated carbocycles. The van der Waals surface area contributed by atoms with Crippen LogP contribution in [0.1, 0.15) is 61.5 Å². The third-order valence-corrected chi connectivity index (χ3v) is 4.67. The van der Waals surface area contributed by atoms with E-state index >= 15 is 0 Å². The third-order valence-electron chi connectivity index (χ3n) is 4.67. The summed E-state index contributed by atoms with van der Waals surface area (Å²) in [6, 6.07) is 14.7. The zero-order valence-electron chi connectivity index (χ0n) is 16.4. The summed E-state index contributed by atoms with van der Waals surface area (Å²) in [5, 5.41) is 24.2. The summed E-state index contributed by atoms with van der Waals surface area (Å²) in [4.78, 5) is 22.9. The first-order valence-corrected chi connectivity index (χ1v) is 9.65. The zero-order valence-corrected chi connectivity index (χ0v) is 16.4. The average molecular weight is 384 g/mol. The van der Waals surface area contributed by atoms with Gasteiger partial charge in [-0.15, -0.1) is 0 Å². The Bertz CT molecular complexity index is 760. The van der Waals surface area contributed by atoms with Gasteiger partial charge in [-0.1, -0.05) is 57.0 Å². The van der Waals surface area contributed by atoms with E-state index in [1.807, 2.05) is 30.3 Å². The topological polar surface area (TPSA) is 92.5 Å². The number of carbonyl (C=O) groups is 1. The van der Waals surface area contributed by atoms with Gasteiger partial charge in [0.2, 0.25) is 0 Å². The predicted molar refractivity (Wildman–Crippen MR) is 109 cm³/mol. The van der Waals surface area contributed by atoms with Crippen molar-refractivity contribution in [2.75, 3.05) is 0 Å². The van der Waals surface area contributed by atoms with Gasteiger partial charge in [-0.05, 0) is 36.5 Å². The highest BCUT2D eigenvalue weighted by Gasteiger charge is 2.20. The van der Waals surface area contributed by atoms with Crippen LogP contribution >= 0.6 is 0 Å². The van der Waals surface area contributed by atoms with Crippen molar-refractivity contribution in [2.45, 2.75) is 51.7 Å². The van der Waals surface area contributed by atoms with Gasteiger partial charge in [0.15, 0.2) is 0 Å². The molecule has 6 nitrogen and oxygen atoms in total. The quantitative estimate of drug-likeness (QED) is 0.461. The van der Waals surface area contributed by atoms with Crippen LogP contribution in [0.15, 0.2) is 54.6 Å². The van der Waals surface area contributed by atoms with Crippen molar-refractivity contribution in [1.82, 2.24) is 5.32 Å². The maximum absolute atomic E-state index is 12.6. The minimum atomic E-state index is -0.513. The second kappa shape index (κ2) is 10.6. The SMILES string of the molecule is CC(C)CCCC(O)CC(NC(=O)c1ccc([N+](=O)[O-])cc1)c1ccccc1. The number of aliphatic hydroxyl groups is 1. The Labute approximate surface area is 165 Å². The number of hydrogen-bond donors (Lipinski definition) is 2. The summed E-state index contributed by atoms with van der Waals surface area (Å²) >= 11 is 0. The molecule has 2 aromatic rings. The lowest BCUT2D eigenvalue weighted by molar-refractivity contribution is -0.384. The van der Waals surface area contributed by atoms with Crippen molar-refractivity contribution in [2.24, 2.45) is 5.92 Å². The molecule has 2 rings (SSSR count). The molecular formula is C22H28N2O4. The Kier molecular flexibility index (Phi) is 8.14. The maximum Gasteiger partial charge on any atom is 0.269 e. The number of rotatable bonds is 10. The molecule has 1 amide bonds. The molecule has 0 aliphatic rings. The van der Waals surface area contributed by atoms with E-state index in [4.69, 9.17) is 0 Å². The van der Waals surface area contributed by atoms with Gasteiger partial charge in [0, 0.05) is 17.7 Å². The second-order valence-electron chi connectivity index (χ2n) is 7.45. The van der Waals surface area contributed by atoms with E-state index in [1.54, 1.807) is 0 Å². The Morgan fingerprint density at radius 1 is 1.07 bits per heavy atom. The van der Waals surface area contributed by atoms with Gasteiger partial charge in [0.25, 0.3) is 11.6 Å². The van der Waals surface area contributed by atoms with Crippen molar-refractivity contribution >= 4 is 11.6 Å². The summed E-state index contributed by atoms with van der Waals surface area (Å²) in [6.07, 6.45) is 2.59. The highest BCUT2D eigenvalue weighted by atomic mass is 16.6. The molecule has 0 radical (unpaired) electrons. The predicted octanol–water partition coefficient (Wildman–Crippen LogP) is 4.64. The molecule has 28 heavy (non-hydrogen) atoms. The highest BCUT2D eigenvalue weighted by Crippen LogP contribution is 2.22. The van der Waals surface area contributed by atoms with E-state index < -0.39 is 11.0 Å². The summed E-state index contributed by atoms with van der Waals surface area (Å²) in [5.41, 5.74) is 1.21. The van der Waals surface area contributed by atoms with Crippen LogP contribution in [0.2, 0.25) is 0 Å². The van der Waals surface area contributed by atoms with E-state index in [2.05, 4.69) is 19.2 Å². The molecule has 0 spiro atoms. The number of aliphatic hydroxyl groups excluding tert-OH is 1. The van der Waals surface area contributed by atoms with Crippen molar-refractivity contribution in [3.8, 4) is 0 Å². The minimum absolute atomic E-state index is 0.0586. The summed E-state index contributed by atoms with van der Waals surface area (Å²) in [7, 11) is 0. The minimum Gasteiger partial charge on any atom is -0.393 e. The Hall–Kier alpha value is -2.73. The molecule has 2 aromatic carbocycles. The molecule has 6 heteroatoms. The molecule has 0 fully saturated rings. The summed E-state index contributed by atoms with van der Waals surface area (Å²) in [6.45, 7) is 4.31. The van der Waals surface area contributed by atoms with Gasteiger partial charge < -0.3 is 10.4 Å². The van der Waals surface area contributed by atoms with Crippen LogP contribution in [0.3, 0.4) is 0 Å². The smallest absolute Gasteiger partial charge is 0.269 e. The van der Waals surface area contributed by atoms with E-state index in [0.717, 1.165) is 18.4 Å². The molecule has 150 valence electrons. The van der Waals surface area contributed by atoms with E-state index in [0.29, 0.717) is 24.3 Å². The lowest BCUT2D eigenvalue weighted by Crippen LogP contribution is -2.31. The van der Waals surface area contributed by atoms with Crippen molar-refractivity contribution in [3.05, 3.63) is 75.8 Å². The number of nitrogens with zero attached hydrogens (tertiary/aromatic N) is 1. The van der Waals surface area contributed by atoms with Gasteiger partial charge in [-0.2, -0.15) is 0 Å². The number of benzene rings is 2. The first-order valence-electron chi connectivity index (χ1n) is 9.65. The van der Waals surface area contributed by atoms with Crippen molar-refractivity contribution in [1.29, 1.82) is 0 Å². The Balaban J connectivity index is 2.07. The molecule has 0 aliphatic heterocycles. The van der Waals surface area contributed by atoms with Crippen LogP contribution in [-0.2, 0) is 0 Å². The number of nitro benzene ring substituents is 1. The molecule has 0 aliphatic carbocycles. The molecule has 0 bridgehead atoms. The molecule has 2 atom stereocenters. The second-order valence-corrected chi connectivity index (χ2v) is 7.45. The van der Waals surface area contributed by atoms with Crippen LogP contribution in [-0.4, -0.2) is 22.0 Å². The summed E-state index contributed by atoms with van der Waals surface area (Å²) in [5.74, 6) is 0.275. The number of non-ortho nitro benzene ring substituents is 1. The number of nitro groups is 1. The van der Waals surface area contributed by atoms with Crippen LogP contribution in [0.5, 0.6) is 0 Å². The largest absolute Gasteiger partial charge is 0.393 e. The van der Waals surface area contributed by atoms with E-state index in [1.165, 1.54) is 24.3 Å². The zero-order chi connectivity index (χ0) is 20.5. The fourth-order valence-electron chi connectivity index (χ4n) is 3.09. The molecule has 0 aromatic heterocycles. The standard InChI is InChI=1S/C22H28N2O4/c1-16(2)7-6-10-20(25)15-21(17-8-4-3-5-9-17)23-22(26)18-11-13-19(14-12-18)24(27)28/h3-5,8-9,11-14,16,20-21,25H,6-7,10,15H2,1-2H3,(H,23,26). The number of hydrogen-bond acceptors (Lipinski definition) is 4. The average Bonchev–Trinajstić information content (AvgIpc) is 2.68. The first kappa shape index (κ1) is 21.6. The van der Waals surface area contributed by atoms with Gasteiger partial charge in [-0.25, -0.2) is 0 Å². The van der Waals surface area contributed by atoms with Crippen LogP contribution < -0.4 is 5.32 Å². The van der Waals surface area contributed by atoms with E-state index in [-0.39, 0.29) is 17.6 Å². The molecule has 2 unspecified atom stereocenters. The van der Waals surface area contributed by atoms with Gasteiger partial charge in [-0.3, -0.25) is 14.9 Å². The molecule has 0 saturated heterocycles. The number of carbonyl (C=O) groups excluding carboxylic acids is 1. The number of nitrogens with one attached hydrogen (secondary N) is 1. The van der Waals surface area contributed by atoms with Gasteiger partial charge in [0.05, 0.1) is 17.1 Å². The van der Waals surface area contributed by atoms with E-state index in [9.17, 15) is 20.0 Å². The highest BCUT2D eigenvalue weighted by molar-refractivity contribution is 5.94. The third kappa shape index (κ3) is 6.78. The monoisotopic (exact) mass is 384 g/mol. The number of amides is 1. The Morgan fingerprint density at radius 2 is 1.71 bits per heavy atom. The fraction of sp³-hybridized carbons (Fsp3) is 0.409. The van der Waals surface area contributed by atoms with Crippen LogP contribution in [0.25, 0.3) is 0 Å². The van der Waals surface area contributed by atoms with Crippen molar-refractivity contribution < 1.29 is 14.8 Å². The molecule has 0 heterocycles. The Morgan fingerprint density at radius 3 is 2.29 bits per heavy atom.